The molecule has 0 saturated heterocycles. The Balaban J connectivity index is 4.05. The van der Waals surface area contributed by atoms with Gasteiger partial charge in [0.15, 0.2) is 6.29 Å². The number of rotatable bonds is 3. The lowest BCUT2D eigenvalue weighted by Crippen LogP contribution is -2.49. The van der Waals surface area contributed by atoms with Crippen LogP contribution in [0.25, 0.3) is 0 Å². The van der Waals surface area contributed by atoms with Crippen LogP contribution in [0.4, 0.5) is 4.79 Å². The average Bonchev–Trinajstić information content (AvgIpc) is 1.98. The van der Waals surface area contributed by atoms with Crippen molar-refractivity contribution in [2.24, 2.45) is 0 Å². The molecule has 0 unspecified atom stereocenters. The first kappa shape index (κ1) is 11.2. The molecule has 0 spiro atoms. The van der Waals surface area contributed by atoms with Crippen LogP contribution in [-0.4, -0.2) is 47.0 Å². The Bertz CT molecular complexity index is 139. The van der Waals surface area contributed by atoms with E-state index in [1.54, 1.807) is 0 Å². The first-order valence-corrected chi connectivity index (χ1v) is 3.37. The molecule has 0 rings (SSSR count). The summed E-state index contributed by atoms with van der Waals surface area (Å²) in [6.45, 7) is 1.32. The molecule has 6 nitrogen and oxygen atoms in total. The van der Waals surface area contributed by atoms with Gasteiger partial charge in [0.2, 0.25) is 0 Å². The van der Waals surface area contributed by atoms with Crippen LogP contribution in [0.5, 0.6) is 0 Å². The summed E-state index contributed by atoms with van der Waals surface area (Å²) >= 11 is 0. The molecule has 0 bridgehead atoms. The lowest BCUT2D eigenvalue weighted by atomic mass is 10.2. The minimum absolute atomic E-state index is 0.825. The Kier molecular flexibility index (Phi) is 4.57. The molecular formula is C6H13NO5. The normalized spacial score (nSPS) is 15.5. The second kappa shape index (κ2) is 4.91. The van der Waals surface area contributed by atoms with E-state index in [1.165, 1.54) is 6.92 Å². The summed E-state index contributed by atoms with van der Waals surface area (Å²) in [5, 5.41) is 28.3. The van der Waals surface area contributed by atoms with Crippen LogP contribution >= 0.6 is 0 Å². The molecular weight excluding hydrogens is 166 g/mol. The van der Waals surface area contributed by atoms with Gasteiger partial charge >= 0.3 is 6.09 Å². The molecule has 0 radical (unpaired) electrons. The summed E-state index contributed by atoms with van der Waals surface area (Å²) in [6, 6.07) is -1.14. The highest BCUT2D eigenvalue weighted by atomic mass is 16.5. The Labute approximate surface area is 69.8 Å². The molecule has 0 aromatic rings. The van der Waals surface area contributed by atoms with Crippen molar-refractivity contribution in [2.45, 2.75) is 25.4 Å². The summed E-state index contributed by atoms with van der Waals surface area (Å²) < 4.78 is 4.20. The Morgan fingerprint density at radius 1 is 1.42 bits per heavy atom. The van der Waals surface area contributed by atoms with E-state index in [4.69, 9.17) is 15.3 Å². The molecule has 0 fully saturated rings. The summed E-state index contributed by atoms with van der Waals surface area (Å²) in [5.41, 5.74) is 0. The van der Waals surface area contributed by atoms with E-state index in [-0.39, 0.29) is 0 Å². The van der Waals surface area contributed by atoms with Crippen molar-refractivity contribution in [1.29, 1.82) is 0 Å². The largest absolute Gasteiger partial charge is 0.453 e. The minimum atomic E-state index is -1.82. The van der Waals surface area contributed by atoms with Gasteiger partial charge in [0.05, 0.1) is 13.2 Å². The molecule has 1 amide bonds. The van der Waals surface area contributed by atoms with E-state index in [0.717, 1.165) is 7.11 Å². The van der Waals surface area contributed by atoms with E-state index in [9.17, 15) is 4.79 Å². The molecule has 72 valence electrons. The maximum atomic E-state index is 10.6. The second-order valence-electron chi connectivity index (χ2n) is 2.32. The number of amides is 1. The Hall–Kier alpha value is -0.850. The molecule has 0 aromatic heterocycles. The second-order valence-corrected chi connectivity index (χ2v) is 2.32. The summed E-state index contributed by atoms with van der Waals surface area (Å²) in [5.74, 6) is 0. The minimum Gasteiger partial charge on any atom is -0.453 e. The molecule has 0 saturated carbocycles. The number of hydrogen-bond donors (Lipinski definition) is 4. The van der Waals surface area contributed by atoms with Crippen LogP contribution in [-0.2, 0) is 4.74 Å². The van der Waals surface area contributed by atoms with Crippen molar-refractivity contribution in [3.8, 4) is 0 Å². The highest BCUT2D eigenvalue weighted by Crippen LogP contribution is 1.97. The number of hydrogen-bond acceptors (Lipinski definition) is 5. The van der Waals surface area contributed by atoms with Gasteiger partial charge in [0.25, 0.3) is 0 Å². The van der Waals surface area contributed by atoms with E-state index in [2.05, 4.69) is 10.1 Å². The van der Waals surface area contributed by atoms with Crippen LogP contribution in [0, 0.1) is 0 Å². The molecule has 4 N–H and O–H groups in total. The monoisotopic (exact) mass is 179 g/mol. The number of aliphatic hydroxyl groups excluding tert-OH is 2. The first-order chi connectivity index (χ1) is 5.49. The summed E-state index contributed by atoms with van der Waals surface area (Å²) in [4.78, 5) is 10.6. The van der Waals surface area contributed by atoms with E-state index < -0.39 is 24.5 Å². The van der Waals surface area contributed by atoms with Gasteiger partial charge < -0.3 is 25.4 Å². The third kappa shape index (κ3) is 3.51. The fraction of sp³-hybridized carbons (Fsp3) is 0.833. The van der Waals surface area contributed by atoms with Gasteiger partial charge in [0, 0.05) is 0 Å². The fourth-order valence-electron chi connectivity index (χ4n) is 0.639. The molecule has 0 heterocycles. The molecule has 0 aliphatic heterocycles. The van der Waals surface area contributed by atoms with Gasteiger partial charge in [-0.05, 0) is 6.92 Å². The highest BCUT2D eigenvalue weighted by molar-refractivity contribution is 5.67. The smallest absolute Gasteiger partial charge is 0.407 e. The third-order valence-electron chi connectivity index (χ3n) is 1.31. The molecule has 0 aliphatic rings. The fourth-order valence-corrected chi connectivity index (χ4v) is 0.639. The SMILES string of the molecule is COC(=O)N[C@H](C(O)O)[C@@H](C)O. The van der Waals surface area contributed by atoms with E-state index >= 15 is 0 Å². The number of carbonyl (C=O) groups is 1. The molecule has 12 heavy (non-hydrogen) atoms. The van der Waals surface area contributed by atoms with Gasteiger partial charge in [-0.1, -0.05) is 0 Å². The number of carbonyl (C=O) groups excluding carboxylic acids is 1. The van der Waals surface area contributed by atoms with Gasteiger partial charge in [-0.2, -0.15) is 0 Å². The highest BCUT2D eigenvalue weighted by Gasteiger charge is 2.24. The zero-order chi connectivity index (χ0) is 9.72. The maximum absolute atomic E-state index is 10.6. The number of aliphatic hydroxyl groups is 3. The van der Waals surface area contributed by atoms with Crippen molar-refractivity contribution < 1.29 is 24.9 Å². The number of ether oxygens (including phenoxy) is 1. The van der Waals surface area contributed by atoms with Crippen LogP contribution in [0.15, 0.2) is 0 Å². The zero-order valence-corrected chi connectivity index (χ0v) is 6.89. The maximum Gasteiger partial charge on any atom is 0.407 e. The van der Waals surface area contributed by atoms with Crippen molar-refractivity contribution in [3.05, 3.63) is 0 Å². The predicted molar refractivity (Wildman–Crippen MR) is 39.2 cm³/mol. The van der Waals surface area contributed by atoms with E-state index in [0.29, 0.717) is 0 Å². The molecule has 0 aromatic carbocycles. The average molecular weight is 179 g/mol. The predicted octanol–water partition coefficient (Wildman–Crippen LogP) is -1.60. The topological polar surface area (TPSA) is 99.0 Å². The number of alkyl carbamates (subject to hydrolysis) is 1. The summed E-state index contributed by atoms with van der Waals surface area (Å²) in [6.07, 6.45) is -3.71. The quantitative estimate of drug-likeness (QED) is 0.391. The van der Waals surface area contributed by atoms with Crippen LogP contribution in [0.2, 0.25) is 0 Å². The van der Waals surface area contributed by atoms with Crippen LogP contribution in [0.3, 0.4) is 0 Å². The van der Waals surface area contributed by atoms with Crippen molar-refractivity contribution in [3.63, 3.8) is 0 Å². The zero-order valence-electron chi connectivity index (χ0n) is 6.89. The number of methoxy groups -OCH3 is 1. The standard InChI is InChI=1S/C6H13NO5/c1-3(8)4(5(9)10)7-6(11)12-2/h3-5,8-10H,1-2H3,(H,7,11)/t3-,4+/m1/s1. The lowest BCUT2D eigenvalue weighted by Gasteiger charge is -2.21. The molecule has 6 heteroatoms. The van der Waals surface area contributed by atoms with Crippen molar-refractivity contribution in [1.82, 2.24) is 5.32 Å². The third-order valence-corrected chi connectivity index (χ3v) is 1.31. The van der Waals surface area contributed by atoms with Crippen LogP contribution < -0.4 is 5.32 Å². The van der Waals surface area contributed by atoms with Crippen LogP contribution in [0.1, 0.15) is 6.92 Å². The van der Waals surface area contributed by atoms with Crippen molar-refractivity contribution in [2.75, 3.05) is 7.11 Å². The van der Waals surface area contributed by atoms with Gasteiger partial charge in [-0.3, -0.25) is 0 Å². The van der Waals surface area contributed by atoms with Crippen molar-refractivity contribution >= 4 is 6.09 Å². The Morgan fingerprint density at radius 2 is 1.92 bits per heavy atom. The summed E-state index contributed by atoms with van der Waals surface area (Å²) in [7, 11) is 1.14. The molecule has 2 atom stereocenters. The lowest BCUT2D eigenvalue weighted by molar-refractivity contribution is -0.0914. The van der Waals surface area contributed by atoms with Gasteiger partial charge in [-0.15, -0.1) is 0 Å². The first-order valence-electron chi connectivity index (χ1n) is 3.37. The Morgan fingerprint density at radius 3 is 2.17 bits per heavy atom. The van der Waals surface area contributed by atoms with Gasteiger partial charge in [-0.25, -0.2) is 4.79 Å². The molecule has 0 aliphatic carbocycles. The van der Waals surface area contributed by atoms with Gasteiger partial charge in [0.1, 0.15) is 6.04 Å². The number of nitrogens with one attached hydrogen (secondary N) is 1. The van der Waals surface area contributed by atoms with E-state index in [1.807, 2.05) is 0 Å².